The number of hydrogen-bond acceptors (Lipinski definition) is 4. The number of imidazole rings is 1. The summed E-state index contributed by atoms with van der Waals surface area (Å²) in [4.78, 5) is 17.2. The van der Waals surface area contributed by atoms with Gasteiger partial charge in [-0.25, -0.2) is 13.4 Å². The lowest BCUT2D eigenvalue weighted by molar-refractivity contribution is 0.0687. The molecular formula is C25H24F2N4O3S. The second-order valence-corrected chi connectivity index (χ2v) is 9.93. The Morgan fingerprint density at radius 1 is 1.00 bits per heavy atom. The number of alkyl halides is 2. The summed E-state index contributed by atoms with van der Waals surface area (Å²) in [6.45, 7) is 2.25. The van der Waals surface area contributed by atoms with Crippen LogP contribution in [0.25, 0.3) is 11.0 Å². The number of para-hydroxylation sites is 2. The lowest BCUT2D eigenvalue weighted by atomic mass is 10.1. The SMILES string of the molecule is Cc1ccc(NS(=O)(=O)c2ccc(C)c(C(=O)N[C@H](C)c3nc4ccccc4n3C(F)F)c2)cc1. The number of anilines is 1. The molecule has 1 heterocycles. The zero-order valence-corrected chi connectivity index (χ0v) is 20.1. The summed E-state index contributed by atoms with van der Waals surface area (Å²) in [7, 11) is -3.96. The minimum atomic E-state index is -3.96. The van der Waals surface area contributed by atoms with E-state index in [1.807, 2.05) is 6.92 Å². The molecule has 4 aromatic rings. The summed E-state index contributed by atoms with van der Waals surface area (Å²) < 4.78 is 56.7. The number of amides is 1. The van der Waals surface area contributed by atoms with E-state index in [-0.39, 0.29) is 21.8 Å². The molecule has 1 atom stereocenters. The van der Waals surface area contributed by atoms with Gasteiger partial charge in [-0.05, 0) is 62.7 Å². The fourth-order valence-electron chi connectivity index (χ4n) is 3.76. The molecule has 0 spiro atoms. The summed E-state index contributed by atoms with van der Waals surface area (Å²) in [5.41, 5.74) is 2.66. The van der Waals surface area contributed by atoms with E-state index in [1.165, 1.54) is 24.3 Å². The van der Waals surface area contributed by atoms with Crippen LogP contribution in [0, 0.1) is 13.8 Å². The van der Waals surface area contributed by atoms with Gasteiger partial charge in [0.15, 0.2) is 0 Å². The van der Waals surface area contributed by atoms with Gasteiger partial charge in [0, 0.05) is 11.3 Å². The summed E-state index contributed by atoms with van der Waals surface area (Å²) in [6, 6.07) is 16.7. The number of sulfonamides is 1. The third kappa shape index (κ3) is 5.02. The maximum Gasteiger partial charge on any atom is 0.320 e. The molecule has 0 aliphatic carbocycles. The van der Waals surface area contributed by atoms with E-state index < -0.39 is 28.5 Å². The molecule has 0 saturated heterocycles. The Morgan fingerprint density at radius 2 is 1.69 bits per heavy atom. The van der Waals surface area contributed by atoms with Gasteiger partial charge in [0.25, 0.3) is 15.9 Å². The summed E-state index contributed by atoms with van der Waals surface area (Å²) in [5.74, 6) is -0.604. The number of benzene rings is 3. The van der Waals surface area contributed by atoms with Crippen LogP contribution >= 0.6 is 0 Å². The molecule has 1 amide bonds. The molecule has 182 valence electrons. The first-order valence-corrected chi connectivity index (χ1v) is 12.3. The highest BCUT2D eigenvalue weighted by Crippen LogP contribution is 2.27. The van der Waals surface area contributed by atoms with Crippen molar-refractivity contribution >= 4 is 32.7 Å². The number of carbonyl (C=O) groups excluding carboxylic acids is 1. The number of halogens is 2. The van der Waals surface area contributed by atoms with Crippen molar-refractivity contribution in [3.05, 3.63) is 89.2 Å². The van der Waals surface area contributed by atoms with Crippen LogP contribution in [-0.4, -0.2) is 23.9 Å². The van der Waals surface area contributed by atoms with Crippen LogP contribution in [-0.2, 0) is 10.0 Å². The topological polar surface area (TPSA) is 93.1 Å². The zero-order chi connectivity index (χ0) is 25.3. The number of carbonyl (C=O) groups is 1. The molecular weight excluding hydrogens is 474 g/mol. The van der Waals surface area contributed by atoms with Gasteiger partial charge in [0.1, 0.15) is 5.82 Å². The molecule has 0 radical (unpaired) electrons. The Morgan fingerprint density at radius 3 is 2.37 bits per heavy atom. The average Bonchev–Trinajstić information content (AvgIpc) is 3.20. The van der Waals surface area contributed by atoms with Crippen molar-refractivity contribution in [2.45, 2.75) is 38.3 Å². The lowest BCUT2D eigenvalue weighted by Crippen LogP contribution is -2.29. The predicted octanol–water partition coefficient (Wildman–Crippen LogP) is 5.34. The van der Waals surface area contributed by atoms with Gasteiger partial charge in [-0.2, -0.15) is 8.78 Å². The first-order valence-electron chi connectivity index (χ1n) is 10.8. The van der Waals surface area contributed by atoms with Crippen molar-refractivity contribution in [2.24, 2.45) is 0 Å². The van der Waals surface area contributed by atoms with Gasteiger partial charge in [0.2, 0.25) is 0 Å². The van der Waals surface area contributed by atoms with E-state index in [0.717, 1.165) is 10.1 Å². The van der Waals surface area contributed by atoms with Crippen LogP contribution in [0.4, 0.5) is 14.5 Å². The van der Waals surface area contributed by atoms with Crippen LogP contribution in [0.15, 0.2) is 71.6 Å². The molecule has 1 aromatic heterocycles. The average molecular weight is 499 g/mol. The maximum atomic E-state index is 13.8. The van der Waals surface area contributed by atoms with E-state index in [9.17, 15) is 22.0 Å². The number of nitrogens with one attached hydrogen (secondary N) is 2. The fourth-order valence-corrected chi connectivity index (χ4v) is 4.85. The highest BCUT2D eigenvalue weighted by atomic mass is 32.2. The van der Waals surface area contributed by atoms with Gasteiger partial charge >= 0.3 is 6.55 Å². The van der Waals surface area contributed by atoms with Crippen molar-refractivity contribution < 1.29 is 22.0 Å². The number of hydrogen-bond donors (Lipinski definition) is 2. The van der Waals surface area contributed by atoms with E-state index in [1.54, 1.807) is 56.3 Å². The Labute approximate surface area is 201 Å². The Hall–Kier alpha value is -3.79. The summed E-state index contributed by atoms with van der Waals surface area (Å²) >= 11 is 0. The van der Waals surface area contributed by atoms with Gasteiger partial charge in [0.05, 0.1) is 22.0 Å². The van der Waals surface area contributed by atoms with Crippen LogP contribution < -0.4 is 10.0 Å². The standard InChI is InChI=1S/C25H24F2N4O3S/c1-15-8-11-18(12-9-15)30-35(33,34)19-13-10-16(2)20(14-19)24(32)28-17(3)23-29-21-6-4-5-7-22(21)31(23)25(26)27/h4-14,17,25,30H,1-3H3,(H,28,32)/t17-/m1/s1. The molecule has 0 aliphatic heterocycles. The van der Waals surface area contributed by atoms with Crippen LogP contribution in [0.1, 0.15) is 46.8 Å². The molecule has 4 rings (SSSR count). The van der Waals surface area contributed by atoms with Crippen molar-refractivity contribution in [1.29, 1.82) is 0 Å². The number of aromatic nitrogens is 2. The first kappa shape index (κ1) is 24.3. The molecule has 35 heavy (non-hydrogen) atoms. The van der Waals surface area contributed by atoms with E-state index in [4.69, 9.17) is 0 Å². The normalized spacial score (nSPS) is 12.6. The molecule has 7 nitrogen and oxygen atoms in total. The quantitative estimate of drug-likeness (QED) is 0.360. The van der Waals surface area contributed by atoms with Crippen molar-refractivity contribution in [1.82, 2.24) is 14.9 Å². The Bertz CT molecular complexity index is 1500. The van der Waals surface area contributed by atoms with E-state index in [2.05, 4.69) is 15.0 Å². The Kier molecular flexibility index (Phi) is 6.58. The predicted molar refractivity (Wildman–Crippen MR) is 130 cm³/mol. The van der Waals surface area contributed by atoms with E-state index in [0.29, 0.717) is 16.8 Å². The molecule has 10 heteroatoms. The monoisotopic (exact) mass is 498 g/mol. The first-order chi connectivity index (χ1) is 16.6. The summed E-state index contributed by atoms with van der Waals surface area (Å²) in [6.07, 6.45) is 0. The minimum Gasteiger partial charge on any atom is -0.342 e. The molecule has 0 unspecified atom stereocenters. The largest absolute Gasteiger partial charge is 0.342 e. The minimum absolute atomic E-state index is 0.00276. The van der Waals surface area contributed by atoms with Gasteiger partial charge in [-0.15, -0.1) is 0 Å². The molecule has 0 aliphatic rings. The van der Waals surface area contributed by atoms with Gasteiger partial charge in [-0.1, -0.05) is 35.9 Å². The highest BCUT2D eigenvalue weighted by molar-refractivity contribution is 7.92. The molecule has 3 aromatic carbocycles. The number of nitrogens with zero attached hydrogens (tertiary/aromatic N) is 2. The van der Waals surface area contributed by atoms with Crippen LogP contribution in [0.5, 0.6) is 0 Å². The molecule has 2 N–H and O–H groups in total. The van der Waals surface area contributed by atoms with Crippen molar-refractivity contribution in [3.63, 3.8) is 0 Å². The van der Waals surface area contributed by atoms with Crippen LogP contribution in [0.3, 0.4) is 0 Å². The third-order valence-corrected chi connectivity index (χ3v) is 7.00. The number of fused-ring (bicyclic) bond motifs is 1. The third-order valence-electron chi connectivity index (χ3n) is 5.62. The zero-order valence-electron chi connectivity index (χ0n) is 19.3. The highest BCUT2D eigenvalue weighted by Gasteiger charge is 2.24. The number of rotatable bonds is 7. The van der Waals surface area contributed by atoms with Gasteiger partial charge < -0.3 is 5.32 Å². The fraction of sp³-hybridized carbons (Fsp3) is 0.200. The summed E-state index contributed by atoms with van der Waals surface area (Å²) in [5, 5.41) is 2.67. The molecule has 0 fully saturated rings. The lowest BCUT2D eigenvalue weighted by Gasteiger charge is -2.17. The Balaban J connectivity index is 1.61. The number of aryl methyl sites for hydroxylation is 2. The molecule has 0 saturated carbocycles. The van der Waals surface area contributed by atoms with Gasteiger partial charge in [-0.3, -0.25) is 14.1 Å². The second-order valence-electron chi connectivity index (χ2n) is 8.25. The van der Waals surface area contributed by atoms with Crippen LogP contribution in [0.2, 0.25) is 0 Å². The van der Waals surface area contributed by atoms with Crippen molar-refractivity contribution in [2.75, 3.05) is 4.72 Å². The smallest absolute Gasteiger partial charge is 0.320 e. The molecule has 0 bridgehead atoms. The van der Waals surface area contributed by atoms with Crippen molar-refractivity contribution in [3.8, 4) is 0 Å². The maximum absolute atomic E-state index is 13.8. The van der Waals surface area contributed by atoms with E-state index >= 15 is 0 Å². The second kappa shape index (κ2) is 9.46.